The van der Waals surface area contributed by atoms with Crippen molar-refractivity contribution in [2.75, 3.05) is 34.5 Å². The highest BCUT2D eigenvalue weighted by Gasteiger charge is 2.43. The minimum absolute atomic E-state index is 0.0178. The molecule has 2 fully saturated rings. The molecule has 7 atom stereocenters. The molecule has 2 aromatic heterocycles. The second kappa shape index (κ2) is 18.0. The van der Waals surface area contributed by atoms with Crippen molar-refractivity contribution in [1.82, 2.24) is 35.1 Å². The molecule has 0 bridgehead atoms. The molecule has 334 valence electrons. The maximum absolute atomic E-state index is 14.1. The molecule has 8 rings (SSSR count). The molecule has 0 radical (unpaired) electrons. The lowest BCUT2D eigenvalue weighted by Gasteiger charge is -2.33. The van der Waals surface area contributed by atoms with Crippen molar-refractivity contribution in [3.63, 3.8) is 0 Å². The number of fused-ring (bicyclic) bond motifs is 6. The number of amides is 3. The largest absolute Gasteiger partial charge is 0.488 e. The highest BCUT2D eigenvalue weighted by molar-refractivity contribution is 6.07. The lowest BCUT2D eigenvalue weighted by atomic mass is 9.91. The molecule has 5 aromatic rings. The fraction of sp³-hybridized carbons (Fsp3) is 0.500. The van der Waals surface area contributed by atoms with E-state index in [0.717, 1.165) is 74.8 Å². The number of nitrogens with zero attached hydrogens (tertiary/aromatic N) is 4. The van der Waals surface area contributed by atoms with E-state index in [1.807, 2.05) is 56.7 Å². The Morgan fingerprint density at radius 3 is 2.48 bits per heavy atom. The summed E-state index contributed by atoms with van der Waals surface area (Å²) in [6.45, 7) is 11.3. The van der Waals surface area contributed by atoms with Crippen LogP contribution in [0.3, 0.4) is 0 Å². The number of benzene rings is 3. The van der Waals surface area contributed by atoms with E-state index in [0.29, 0.717) is 37.8 Å². The zero-order valence-electron chi connectivity index (χ0n) is 37.4. The maximum atomic E-state index is 14.1. The number of H-pyrrole nitrogens is 2. The Morgan fingerprint density at radius 1 is 0.937 bits per heavy atom. The Morgan fingerprint density at radius 2 is 1.75 bits per heavy atom. The number of likely N-dealkylation sites (tertiary alicyclic amines) is 2. The van der Waals surface area contributed by atoms with Gasteiger partial charge in [-0.3, -0.25) is 14.4 Å². The molecule has 0 spiro atoms. The summed E-state index contributed by atoms with van der Waals surface area (Å²) >= 11 is 0. The number of rotatable bonds is 13. The maximum Gasteiger partial charge on any atom is 0.407 e. The number of alkyl carbamates (subject to hydrolysis) is 1. The molecule has 0 aliphatic carbocycles. The number of aromatic amines is 2. The second-order valence-corrected chi connectivity index (χ2v) is 17.9. The molecule has 3 aromatic carbocycles. The number of aromatic nitrogens is 4. The van der Waals surface area contributed by atoms with Gasteiger partial charge in [0.25, 0.3) is 0 Å². The van der Waals surface area contributed by atoms with Crippen LogP contribution in [0.25, 0.3) is 44.2 Å². The molecule has 15 nitrogen and oxygen atoms in total. The Bertz CT molecular complexity index is 2530. The molecule has 3 aliphatic rings. The monoisotopic (exact) mass is 861 g/mol. The number of hydrogen-bond acceptors (Lipinski definition) is 10. The van der Waals surface area contributed by atoms with E-state index in [2.05, 4.69) is 51.7 Å². The van der Waals surface area contributed by atoms with Crippen molar-refractivity contribution >= 4 is 45.7 Å². The number of nitrogens with one attached hydrogen (secondary N) is 3. The first kappa shape index (κ1) is 43.7. The Kier molecular flexibility index (Phi) is 12.5. The van der Waals surface area contributed by atoms with Crippen LogP contribution in [0.2, 0.25) is 0 Å². The van der Waals surface area contributed by atoms with Crippen molar-refractivity contribution in [1.29, 1.82) is 0 Å². The van der Waals surface area contributed by atoms with E-state index in [9.17, 15) is 19.2 Å². The van der Waals surface area contributed by atoms with E-state index >= 15 is 0 Å². The summed E-state index contributed by atoms with van der Waals surface area (Å²) in [7, 11) is 4.32. The molecule has 2 saturated heterocycles. The number of ether oxygens (including phenoxy) is 4. The highest BCUT2D eigenvalue weighted by Crippen LogP contribution is 2.44. The third-order valence-electron chi connectivity index (χ3n) is 13.6. The van der Waals surface area contributed by atoms with Crippen LogP contribution in [-0.2, 0) is 35.2 Å². The van der Waals surface area contributed by atoms with E-state index in [4.69, 9.17) is 28.9 Å². The Balaban J connectivity index is 1.05. The highest BCUT2D eigenvalue weighted by atomic mass is 16.5. The molecular formula is C48H59N7O8. The average molecular weight is 862 g/mol. The minimum Gasteiger partial charge on any atom is -0.488 e. The van der Waals surface area contributed by atoms with Gasteiger partial charge in [0.15, 0.2) is 0 Å². The number of carbonyl (C=O) groups is 4. The van der Waals surface area contributed by atoms with Crippen LogP contribution in [0.5, 0.6) is 5.75 Å². The van der Waals surface area contributed by atoms with E-state index in [1.165, 1.54) is 14.2 Å². The minimum atomic E-state index is -0.707. The van der Waals surface area contributed by atoms with Crippen molar-refractivity contribution < 1.29 is 38.1 Å². The van der Waals surface area contributed by atoms with Crippen LogP contribution in [0.4, 0.5) is 4.79 Å². The molecule has 0 unspecified atom stereocenters. The van der Waals surface area contributed by atoms with Gasteiger partial charge < -0.3 is 44.0 Å². The zero-order chi connectivity index (χ0) is 44.7. The zero-order valence-corrected chi connectivity index (χ0v) is 37.4. The number of carbonyl (C=O) groups excluding carboxylic acids is 4. The molecular weight excluding hydrogens is 803 g/mol. The van der Waals surface area contributed by atoms with Gasteiger partial charge in [-0.1, -0.05) is 52.3 Å². The summed E-state index contributed by atoms with van der Waals surface area (Å²) < 4.78 is 21.8. The fourth-order valence-corrected chi connectivity index (χ4v) is 9.81. The third kappa shape index (κ3) is 8.34. The first-order chi connectivity index (χ1) is 30.3. The first-order valence-electron chi connectivity index (χ1n) is 22.1. The molecule has 63 heavy (non-hydrogen) atoms. The van der Waals surface area contributed by atoms with Crippen LogP contribution in [0.15, 0.2) is 48.7 Å². The predicted octanol–water partition coefficient (Wildman–Crippen LogP) is 7.86. The normalized spacial score (nSPS) is 20.9. The summed E-state index contributed by atoms with van der Waals surface area (Å²) in [6.07, 6.45) is 4.20. The summed E-state index contributed by atoms with van der Waals surface area (Å²) in [5, 5.41) is 4.77. The number of methoxy groups -OCH3 is 3. The lowest BCUT2D eigenvalue weighted by molar-refractivity contribution is -0.148. The van der Waals surface area contributed by atoms with Gasteiger partial charge in [-0.25, -0.2) is 14.8 Å². The van der Waals surface area contributed by atoms with Gasteiger partial charge in [0, 0.05) is 36.6 Å². The first-order valence-corrected chi connectivity index (χ1v) is 22.1. The van der Waals surface area contributed by atoms with E-state index in [1.54, 1.807) is 7.11 Å². The molecule has 3 aliphatic heterocycles. The summed E-state index contributed by atoms with van der Waals surface area (Å²) in [5.41, 5.74) is 6.58. The van der Waals surface area contributed by atoms with Gasteiger partial charge in [0.2, 0.25) is 11.8 Å². The molecule has 0 saturated carbocycles. The van der Waals surface area contributed by atoms with Crippen LogP contribution >= 0.6 is 0 Å². The number of esters is 1. The Hall–Kier alpha value is -5.96. The van der Waals surface area contributed by atoms with Gasteiger partial charge in [0.05, 0.1) is 68.2 Å². The second-order valence-electron chi connectivity index (χ2n) is 17.9. The number of hydrogen-bond donors (Lipinski definition) is 3. The lowest BCUT2D eigenvalue weighted by Crippen LogP contribution is -2.53. The average Bonchev–Trinajstić information content (AvgIpc) is 4.11. The van der Waals surface area contributed by atoms with Gasteiger partial charge in [-0.2, -0.15) is 0 Å². The van der Waals surface area contributed by atoms with Gasteiger partial charge in [-0.05, 0) is 84.4 Å². The molecule has 5 heterocycles. The van der Waals surface area contributed by atoms with Crippen molar-refractivity contribution in [3.05, 3.63) is 65.9 Å². The van der Waals surface area contributed by atoms with E-state index in [-0.39, 0.29) is 54.1 Å². The van der Waals surface area contributed by atoms with E-state index < -0.39 is 24.0 Å². The van der Waals surface area contributed by atoms with Crippen molar-refractivity contribution in [2.24, 2.45) is 23.7 Å². The topological polar surface area (TPSA) is 181 Å². The number of imidazole rings is 2. The van der Waals surface area contributed by atoms with Crippen LogP contribution in [-0.4, -0.2) is 100 Å². The standard InChI is InChI=1S/C48H59N7O8/c1-9-26(4)42(53-48(59)62-8)47(58)55-27(5)10-15-38(55)44-49-21-37(51-44)30-11-13-32-31(17-30)24-63-40-19-34-29(18-35(32)40)12-14-36-43(34)52-45(50-36)39-16-28(23-60-6)22-54(39)46(57)33(25(2)3)20-41(56)61-7/h11-14,17-19,21,25-28,33,38-39,42H,9-10,15-16,20,22-24H2,1-8H3,(H,49,51)(H,50,52)(H,53,59)/t26-,27-,28-,33-,38-,39-,42-/m0/s1. The van der Waals surface area contributed by atoms with Gasteiger partial charge >= 0.3 is 12.1 Å². The SMILES string of the molecule is CC[C@H](C)[C@H](NC(=O)OC)C(=O)N1[C@@H](C)CC[C@H]1c1ncc(-c2ccc3c(c2)COc2cc4c(ccc5nc([C@@H]6C[C@H](COC)CN6C(=O)[C@@H](CC(=O)OC)C(C)C)[nH]c54)cc2-3)[nH]1. The smallest absolute Gasteiger partial charge is 0.407 e. The quantitative estimate of drug-likeness (QED) is 0.0987. The third-order valence-corrected chi connectivity index (χ3v) is 13.6. The molecule has 3 N–H and O–H groups in total. The molecule has 15 heteroatoms. The fourth-order valence-electron chi connectivity index (χ4n) is 9.81. The van der Waals surface area contributed by atoms with Crippen LogP contribution in [0.1, 0.15) is 96.0 Å². The predicted molar refractivity (Wildman–Crippen MR) is 237 cm³/mol. The Labute approximate surface area is 367 Å². The van der Waals surface area contributed by atoms with Crippen molar-refractivity contribution in [3.8, 4) is 28.1 Å². The summed E-state index contributed by atoms with van der Waals surface area (Å²) in [4.78, 5) is 73.4. The van der Waals surface area contributed by atoms with Crippen LogP contribution < -0.4 is 10.1 Å². The van der Waals surface area contributed by atoms with Gasteiger partial charge in [-0.15, -0.1) is 0 Å². The summed E-state index contributed by atoms with van der Waals surface area (Å²) in [5.74, 6) is 1.05. The van der Waals surface area contributed by atoms with Crippen molar-refractivity contribution in [2.45, 2.75) is 97.5 Å². The molecule has 3 amide bonds. The van der Waals surface area contributed by atoms with Crippen LogP contribution in [0, 0.1) is 23.7 Å². The van der Waals surface area contributed by atoms with Gasteiger partial charge in [0.1, 0.15) is 30.0 Å². The summed E-state index contributed by atoms with van der Waals surface area (Å²) in [6, 6.07) is 13.4.